The summed E-state index contributed by atoms with van der Waals surface area (Å²) in [5, 5.41) is 10.3. The average molecular weight is 336 g/mol. The molecule has 1 saturated carbocycles. The molecule has 0 aromatic rings. The molecule has 2 saturated heterocycles. The maximum atomic E-state index is 12.6. The maximum Gasteiger partial charge on any atom is 0.223 e. The zero-order valence-corrected chi connectivity index (χ0v) is 14.8. The molecule has 0 radical (unpaired) electrons. The van der Waals surface area contributed by atoms with Crippen molar-refractivity contribution in [2.75, 3.05) is 26.2 Å². The first-order valence-electron chi connectivity index (χ1n) is 9.84. The SMILES string of the molecule is O=C(CCC(=O)N1CCC[C@]2(CCC[C@H]2O)C1)N1CCCCCC1. The lowest BCUT2D eigenvalue weighted by atomic mass is 9.76. The highest BCUT2D eigenvalue weighted by molar-refractivity contribution is 5.84. The van der Waals surface area contributed by atoms with Crippen LogP contribution in [0, 0.1) is 5.41 Å². The van der Waals surface area contributed by atoms with Crippen LogP contribution in [-0.4, -0.2) is 59.0 Å². The molecule has 24 heavy (non-hydrogen) atoms. The maximum absolute atomic E-state index is 12.6. The number of nitrogens with zero attached hydrogens (tertiary/aromatic N) is 2. The van der Waals surface area contributed by atoms with Crippen LogP contribution in [0.2, 0.25) is 0 Å². The zero-order valence-electron chi connectivity index (χ0n) is 14.8. The van der Waals surface area contributed by atoms with E-state index < -0.39 is 0 Å². The molecule has 3 aliphatic rings. The van der Waals surface area contributed by atoms with Crippen LogP contribution < -0.4 is 0 Å². The molecular formula is C19H32N2O3. The van der Waals surface area contributed by atoms with Crippen molar-refractivity contribution in [3.63, 3.8) is 0 Å². The Kier molecular flexibility index (Phi) is 5.80. The van der Waals surface area contributed by atoms with E-state index >= 15 is 0 Å². The Bertz CT molecular complexity index is 460. The molecular weight excluding hydrogens is 304 g/mol. The van der Waals surface area contributed by atoms with Gasteiger partial charge in [0.15, 0.2) is 0 Å². The lowest BCUT2D eigenvalue weighted by molar-refractivity contribution is -0.140. The van der Waals surface area contributed by atoms with E-state index in [1.54, 1.807) is 0 Å². The molecule has 2 atom stereocenters. The average Bonchev–Trinajstić information content (AvgIpc) is 2.82. The number of aliphatic hydroxyl groups excluding tert-OH is 1. The van der Waals surface area contributed by atoms with E-state index in [0.717, 1.165) is 64.6 Å². The summed E-state index contributed by atoms with van der Waals surface area (Å²) in [4.78, 5) is 28.8. The van der Waals surface area contributed by atoms with Gasteiger partial charge in [-0.05, 0) is 38.5 Å². The van der Waals surface area contributed by atoms with Crippen LogP contribution in [-0.2, 0) is 9.59 Å². The van der Waals surface area contributed by atoms with E-state index in [4.69, 9.17) is 0 Å². The van der Waals surface area contributed by atoms with Crippen molar-refractivity contribution in [1.29, 1.82) is 0 Å². The number of rotatable bonds is 3. The summed E-state index contributed by atoms with van der Waals surface area (Å²) in [7, 11) is 0. The van der Waals surface area contributed by atoms with Gasteiger partial charge in [-0.25, -0.2) is 0 Å². The molecule has 0 unspecified atom stereocenters. The fourth-order valence-corrected chi connectivity index (χ4v) is 4.82. The number of likely N-dealkylation sites (tertiary alicyclic amines) is 2. The molecule has 1 spiro atoms. The van der Waals surface area contributed by atoms with Gasteiger partial charge in [0.2, 0.25) is 11.8 Å². The van der Waals surface area contributed by atoms with Crippen LogP contribution in [0.3, 0.4) is 0 Å². The molecule has 2 aliphatic heterocycles. The lowest BCUT2D eigenvalue weighted by Gasteiger charge is -2.42. The Morgan fingerprint density at radius 3 is 2.04 bits per heavy atom. The number of carbonyl (C=O) groups is 2. The summed E-state index contributed by atoms with van der Waals surface area (Å²) in [6.07, 6.45) is 9.98. The van der Waals surface area contributed by atoms with Crippen LogP contribution in [0.5, 0.6) is 0 Å². The Balaban J connectivity index is 1.48. The summed E-state index contributed by atoms with van der Waals surface area (Å²) in [6.45, 7) is 3.17. The molecule has 136 valence electrons. The number of hydrogen-bond donors (Lipinski definition) is 1. The Morgan fingerprint density at radius 2 is 1.42 bits per heavy atom. The van der Waals surface area contributed by atoms with Crippen molar-refractivity contribution in [2.24, 2.45) is 5.41 Å². The highest BCUT2D eigenvalue weighted by Crippen LogP contribution is 2.45. The van der Waals surface area contributed by atoms with Crippen molar-refractivity contribution >= 4 is 11.8 Å². The highest BCUT2D eigenvalue weighted by atomic mass is 16.3. The Hall–Kier alpha value is -1.10. The normalized spacial score (nSPS) is 31.3. The van der Waals surface area contributed by atoms with Gasteiger partial charge in [-0.15, -0.1) is 0 Å². The third-order valence-electron chi connectivity index (χ3n) is 6.33. The van der Waals surface area contributed by atoms with Crippen LogP contribution in [0.25, 0.3) is 0 Å². The van der Waals surface area contributed by atoms with E-state index in [2.05, 4.69) is 0 Å². The van der Waals surface area contributed by atoms with E-state index in [0.29, 0.717) is 19.4 Å². The second-order valence-corrected chi connectivity index (χ2v) is 7.98. The topological polar surface area (TPSA) is 60.9 Å². The quantitative estimate of drug-likeness (QED) is 0.860. The molecule has 0 aromatic heterocycles. The summed E-state index contributed by atoms with van der Waals surface area (Å²) in [5.74, 6) is 0.231. The van der Waals surface area contributed by atoms with Crippen LogP contribution in [0.1, 0.15) is 70.6 Å². The lowest BCUT2D eigenvalue weighted by Crippen LogP contribution is -2.49. The molecule has 1 N–H and O–H groups in total. The van der Waals surface area contributed by atoms with E-state index in [-0.39, 0.29) is 23.3 Å². The number of amides is 2. The summed E-state index contributed by atoms with van der Waals surface area (Å²) in [6, 6.07) is 0. The summed E-state index contributed by atoms with van der Waals surface area (Å²) >= 11 is 0. The largest absolute Gasteiger partial charge is 0.392 e. The van der Waals surface area contributed by atoms with Gasteiger partial charge in [0.05, 0.1) is 6.10 Å². The van der Waals surface area contributed by atoms with Gasteiger partial charge < -0.3 is 14.9 Å². The first kappa shape index (κ1) is 17.7. The van der Waals surface area contributed by atoms with Gasteiger partial charge in [0.1, 0.15) is 0 Å². The molecule has 2 heterocycles. The van der Waals surface area contributed by atoms with Gasteiger partial charge in [0, 0.05) is 44.4 Å². The summed E-state index contributed by atoms with van der Waals surface area (Å²) < 4.78 is 0. The number of hydrogen-bond acceptors (Lipinski definition) is 3. The molecule has 3 fully saturated rings. The minimum Gasteiger partial charge on any atom is -0.392 e. The first-order chi connectivity index (χ1) is 11.6. The fraction of sp³-hybridized carbons (Fsp3) is 0.895. The molecule has 3 rings (SSSR count). The Labute approximate surface area is 145 Å². The van der Waals surface area contributed by atoms with E-state index in [1.807, 2.05) is 9.80 Å². The van der Waals surface area contributed by atoms with Crippen molar-refractivity contribution < 1.29 is 14.7 Å². The second-order valence-electron chi connectivity index (χ2n) is 7.98. The van der Waals surface area contributed by atoms with E-state index in [1.165, 1.54) is 12.8 Å². The molecule has 5 heteroatoms. The monoisotopic (exact) mass is 336 g/mol. The number of carbonyl (C=O) groups excluding carboxylic acids is 2. The fourth-order valence-electron chi connectivity index (χ4n) is 4.82. The number of aliphatic hydroxyl groups is 1. The smallest absolute Gasteiger partial charge is 0.223 e. The second kappa shape index (κ2) is 7.85. The molecule has 5 nitrogen and oxygen atoms in total. The van der Waals surface area contributed by atoms with Gasteiger partial charge in [-0.3, -0.25) is 9.59 Å². The van der Waals surface area contributed by atoms with Gasteiger partial charge in [0.25, 0.3) is 0 Å². The van der Waals surface area contributed by atoms with E-state index in [9.17, 15) is 14.7 Å². The summed E-state index contributed by atoms with van der Waals surface area (Å²) in [5.41, 5.74) is -0.0668. The van der Waals surface area contributed by atoms with Crippen LogP contribution >= 0.6 is 0 Å². The standard InChI is InChI=1S/C19H32N2O3/c22-16-7-5-10-19(16)11-6-14-21(15-19)18(24)9-8-17(23)20-12-3-1-2-4-13-20/h16,22H,1-15H2/t16-,19-/m1/s1. The predicted octanol–water partition coefficient (Wildman–Crippen LogP) is 2.32. The molecule has 0 aromatic carbocycles. The van der Waals surface area contributed by atoms with Gasteiger partial charge >= 0.3 is 0 Å². The number of piperidine rings is 1. The van der Waals surface area contributed by atoms with Crippen LogP contribution in [0.4, 0.5) is 0 Å². The molecule has 1 aliphatic carbocycles. The van der Waals surface area contributed by atoms with Gasteiger partial charge in [-0.1, -0.05) is 19.3 Å². The third kappa shape index (κ3) is 3.93. The van der Waals surface area contributed by atoms with Gasteiger partial charge in [-0.2, -0.15) is 0 Å². The molecule has 2 amide bonds. The highest BCUT2D eigenvalue weighted by Gasteiger charge is 2.45. The first-order valence-corrected chi connectivity index (χ1v) is 9.84. The van der Waals surface area contributed by atoms with Crippen molar-refractivity contribution in [3.05, 3.63) is 0 Å². The zero-order chi connectivity index (χ0) is 17.0. The predicted molar refractivity (Wildman–Crippen MR) is 92.4 cm³/mol. The third-order valence-corrected chi connectivity index (χ3v) is 6.33. The molecule has 0 bridgehead atoms. The van der Waals surface area contributed by atoms with Crippen molar-refractivity contribution in [3.8, 4) is 0 Å². The van der Waals surface area contributed by atoms with Crippen molar-refractivity contribution in [1.82, 2.24) is 9.80 Å². The minimum atomic E-state index is -0.258. The minimum absolute atomic E-state index is 0.0668. The van der Waals surface area contributed by atoms with Crippen molar-refractivity contribution in [2.45, 2.75) is 76.7 Å². The Morgan fingerprint density at radius 1 is 0.833 bits per heavy atom. The van der Waals surface area contributed by atoms with Crippen LogP contribution in [0.15, 0.2) is 0 Å².